The lowest BCUT2D eigenvalue weighted by Crippen LogP contribution is -2.21. The fourth-order valence-corrected chi connectivity index (χ4v) is 2.81. The fourth-order valence-electron chi connectivity index (χ4n) is 2.69. The predicted octanol–water partition coefficient (Wildman–Crippen LogP) is 5.39. The summed E-state index contributed by atoms with van der Waals surface area (Å²) in [5.41, 5.74) is -0.947. The third-order valence-electron chi connectivity index (χ3n) is 4.29. The van der Waals surface area contributed by atoms with Gasteiger partial charge in [-0.2, -0.15) is 18.3 Å². The number of hydrogen-bond acceptors (Lipinski definition) is 3. The highest BCUT2D eigenvalue weighted by molar-refractivity contribution is 6.30. The van der Waals surface area contributed by atoms with Gasteiger partial charge < -0.3 is 10.6 Å². The maximum atomic E-state index is 13.7. The van der Waals surface area contributed by atoms with Gasteiger partial charge in [0.15, 0.2) is 5.69 Å². The molecule has 0 unspecified atom stereocenters. The number of halogens is 4. The Balaban J connectivity index is 1.85. The Hall–Kier alpha value is -3.33. The molecule has 0 fully saturated rings. The van der Waals surface area contributed by atoms with Gasteiger partial charge in [0, 0.05) is 22.3 Å². The van der Waals surface area contributed by atoms with Crippen LogP contribution in [-0.4, -0.2) is 21.6 Å². The van der Waals surface area contributed by atoms with Gasteiger partial charge in [0.25, 0.3) is 5.91 Å². The number of carbonyl (C=O) groups excluding carboxylic acids is 2. The first-order valence-electron chi connectivity index (χ1n) is 9.19. The molecule has 2 N–H and O–H groups in total. The molecule has 0 radical (unpaired) electrons. The van der Waals surface area contributed by atoms with Crippen LogP contribution in [-0.2, 0) is 11.0 Å². The van der Waals surface area contributed by atoms with E-state index in [-0.39, 0.29) is 23.2 Å². The van der Waals surface area contributed by atoms with Gasteiger partial charge in [-0.1, -0.05) is 25.4 Å². The SMILES string of the molecule is CC(C)C(=O)Nc1ccc(NC(=O)c2cnn(-c3ccc(Cl)cc3)c2C(F)(F)F)cc1. The number of benzene rings is 2. The lowest BCUT2D eigenvalue weighted by Gasteiger charge is -2.13. The lowest BCUT2D eigenvalue weighted by atomic mass is 10.2. The van der Waals surface area contributed by atoms with Crippen LogP contribution in [0.4, 0.5) is 24.5 Å². The second-order valence-electron chi connectivity index (χ2n) is 6.97. The van der Waals surface area contributed by atoms with E-state index in [2.05, 4.69) is 15.7 Å². The largest absolute Gasteiger partial charge is 0.434 e. The van der Waals surface area contributed by atoms with Gasteiger partial charge in [0.1, 0.15) is 0 Å². The summed E-state index contributed by atoms with van der Waals surface area (Å²) in [5, 5.41) is 9.22. The number of aromatic nitrogens is 2. The van der Waals surface area contributed by atoms with Crippen molar-refractivity contribution in [2.75, 3.05) is 10.6 Å². The molecule has 1 heterocycles. The van der Waals surface area contributed by atoms with Gasteiger partial charge in [-0.15, -0.1) is 0 Å². The minimum absolute atomic E-state index is 0.112. The van der Waals surface area contributed by atoms with Gasteiger partial charge in [-0.05, 0) is 48.5 Å². The Morgan fingerprint density at radius 3 is 2.03 bits per heavy atom. The normalized spacial score (nSPS) is 11.5. The van der Waals surface area contributed by atoms with Crippen LogP contribution >= 0.6 is 11.6 Å². The molecule has 0 saturated carbocycles. The second kappa shape index (κ2) is 8.81. The molecule has 0 aliphatic rings. The first-order chi connectivity index (χ1) is 14.6. The standard InChI is InChI=1S/C21H18ClF3N4O2/c1-12(2)19(30)27-14-5-7-15(8-6-14)28-20(31)17-11-26-29(18(17)21(23,24)25)16-9-3-13(22)4-10-16/h3-12H,1-2H3,(H,27,30)(H,28,31). The molecule has 0 atom stereocenters. The Kier molecular flexibility index (Phi) is 6.35. The number of nitrogens with zero attached hydrogens (tertiary/aromatic N) is 2. The van der Waals surface area contributed by atoms with Crippen LogP contribution < -0.4 is 10.6 Å². The summed E-state index contributed by atoms with van der Waals surface area (Å²) in [6, 6.07) is 11.6. The molecular weight excluding hydrogens is 433 g/mol. The van der Waals surface area contributed by atoms with Crippen LogP contribution in [0.15, 0.2) is 54.7 Å². The highest BCUT2D eigenvalue weighted by atomic mass is 35.5. The van der Waals surface area contributed by atoms with Crippen LogP contribution in [0.3, 0.4) is 0 Å². The fraction of sp³-hybridized carbons (Fsp3) is 0.190. The number of alkyl halides is 3. The average molecular weight is 451 g/mol. The summed E-state index contributed by atoms with van der Waals surface area (Å²) in [7, 11) is 0. The van der Waals surface area contributed by atoms with E-state index in [1.165, 1.54) is 48.5 Å². The third kappa shape index (κ3) is 5.24. The number of nitrogens with one attached hydrogen (secondary N) is 2. The van der Waals surface area contributed by atoms with E-state index in [1.807, 2.05) is 0 Å². The van der Waals surface area contributed by atoms with Crippen molar-refractivity contribution in [3.05, 3.63) is 71.0 Å². The summed E-state index contributed by atoms with van der Waals surface area (Å²) >= 11 is 5.79. The van der Waals surface area contributed by atoms with Crippen LogP contribution in [0.2, 0.25) is 5.02 Å². The number of carbonyl (C=O) groups is 2. The maximum absolute atomic E-state index is 13.7. The molecule has 0 aliphatic heterocycles. The maximum Gasteiger partial charge on any atom is 0.434 e. The van der Waals surface area contributed by atoms with Crippen molar-refractivity contribution in [2.45, 2.75) is 20.0 Å². The van der Waals surface area contributed by atoms with Crippen LogP contribution in [0.5, 0.6) is 0 Å². The molecule has 0 aliphatic carbocycles. The molecule has 10 heteroatoms. The number of hydrogen-bond donors (Lipinski definition) is 2. The Morgan fingerprint density at radius 1 is 0.968 bits per heavy atom. The topological polar surface area (TPSA) is 76.0 Å². The number of amides is 2. The Morgan fingerprint density at radius 2 is 1.52 bits per heavy atom. The van der Waals surface area contributed by atoms with Gasteiger partial charge >= 0.3 is 6.18 Å². The molecule has 31 heavy (non-hydrogen) atoms. The van der Waals surface area contributed by atoms with E-state index in [0.717, 1.165) is 6.20 Å². The molecule has 1 aromatic heterocycles. The summed E-state index contributed by atoms with van der Waals surface area (Å²) in [6.45, 7) is 3.48. The van der Waals surface area contributed by atoms with E-state index >= 15 is 0 Å². The minimum atomic E-state index is -4.83. The van der Waals surface area contributed by atoms with E-state index in [0.29, 0.717) is 15.4 Å². The van der Waals surface area contributed by atoms with Gasteiger partial charge in [-0.3, -0.25) is 9.59 Å². The van der Waals surface area contributed by atoms with Crippen molar-refractivity contribution in [2.24, 2.45) is 5.92 Å². The van der Waals surface area contributed by atoms with Crippen LogP contribution in [0.1, 0.15) is 29.9 Å². The van der Waals surface area contributed by atoms with Crippen molar-refractivity contribution in [1.29, 1.82) is 0 Å². The average Bonchev–Trinajstić information content (AvgIpc) is 3.16. The highest BCUT2D eigenvalue weighted by Gasteiger charge is 2.40. The zero-order valence-corrected chi connectivity index (χ0v) is 17.3. The molecule has 0 spiro atoms. The van der Waals surface area contributed by atoms with Crippen LogP contribution in [0, 0.1) is 5.92 Å². The van der Waals surface area contributed by atoms with Gasteiger partial charge in [0.05, 0.1) is 17.4 Å². The molecule has 2 amide bonds. The summed E-state index contributed by atoms with van der Waals surface area (Å²) < 4.78 is 41.9. The lowest BCUT2D eigenvalue weighted by molar-refractivity contribution is -0.143. The summed E-state index contributed by atoms with van der Waals surface area (Å²) in [5.74, 6) is -1.36. The van der Waals surface area contributed by atoms with E-state index in [4.69, 9.17) is 11.6 Å². The molecule has 2 aromatic carbocycles. The van der Waals surface area contributed by atoms with Gasteiger partial charge in [0.2, 0.25) is 5.91 Å². The number of anilines is 2. The predicted molar refractivity (Wildman–Crippen MR) is 111 cm³/mol. The number of rotatable bonds is 5. The van der Waals surface area contributed by atoms with Crippen molar-refractivity contribution in [1.82, 2.24) is 9.78 Å². The monoisotopic (exact) mass is 450 g/mol. The van der Waals surface area contributed by atoms with Crippen LogP contribution in [0.25, 0.3) is 5.69 Å². The molecule has 3 aromatic rings. The van der Waals surface area contributed by atoms with Gasteiger partial charge in [-0.25, -0.2) is 4.68 Å². The quantitative estimate of drug-likeness (QED) is 0.547. The molecule has 162 valence electrons. The molecular formula is C21H18ClF3N4O2. The van der Waals surface area contributed by atoms with Crippen molar-refractivity contribution >= 4 is 34.8 Å². The molecule has 0 bridgehead atoms. The zero-order chi connectivity index (χ0) is 22.8. The molecule has 3 rings (SSSR count). The van der Waals surface area contributed by atoms with E-state index in [9.17, 15) is 22.8 Å². The molecule has 0 saturated heterocycles. The van der Waals surface area contributed by atoms with Crippen molar-refractivity contribution < 1.29 is 22.8 Å². The van der Waals surface area contributed by atoms with Crippen molar-refractivity contribution in [3.8, 4) is 5.69 Å². The summed E-state index contributed by atoms with van der Waals surface area (Å²) in [4.78, 5) is 24.3. The van der Waals surface area contributed by atoms with Crippen molar-refractivity contribution in [3.63, 3.8) is 0 Å². The van der Waals surface area contributed by atoms with E-state index in [1.54, 1.807) is 13.8 Å². The minimum Gasteiger partial charge on any atom is -0.326 e. The third-order valence-corrected chi connectivity index (χ3v) is 4.54. The zero-order valence-electron chi connectivity index (χ0n) is 16.5. The smallest absolute Gasteiger partial charge is 0.326 e. The Bertz CT molecular complexity index is 1090. The second-order valence-corrected chi connectivity index (χ2v) is 7.40. The van der Waals surface area contributed by atoms with E-state index < -0.39 is 23.3 Å². The first-order valence-corrected chi connectivity index (χ1v) is 9.57. The molecule has 6 nitrogen and oxygen atoms in total. The highest BCUT2D eigenvalue weighted by Crippen LogP contribution is 2.34. The first kappa shape index (κ1) is 22.4. The Labute approximate surface area is 181 Å². The summed E-state index contributed by atoms with van der Waals surface area (Å²) in [6.07, 6.45) is -3.96.